The lowest BCUT2D eigenvalue weighted by atomic mass is 9.97. The van der Waals surface area contributed by atoms with E-state index in [0.29, 0.717) is 11.7 Å². The first kappa shape index (κ1) is 16.6. The van der Waals surface area contributed by atoms with Gasteiger partial charge in [0.05, 0.1) is 28.3 Å². The smallest absolute Gasteiger partial charge is 0.282 e. The average Bonchev–Trinajstić information content (AvgIpc) is 3.36. The first-order chi connectivity index (χ1) is 13.3. The molecule has 136 valence electrons. The molecule has 1 saturated heterocycles. The number of likely N-dealkylation sites (tertiary alicyclic amines) is 1. The molecule has 0 saturated carbocycles. The summed E-state index contributed by atoms with van der Waals surface area (Å²) in [6.07, 6.45) is 2.32. The summed E-state index contributed by atoms with van der Waals surface area (Å²) in [5, 5.41) is 5.42. The number of quaternary nitrogens is 1. The first-order valence-corrected chi connectivity index (χ1v) is 10.2. The number of hydrogen-bond donors (Lipinski definition) is 1. The SMILES string of the molecule is c1ccc(-c2noc(C[NH+]3CCC(c4nc5ccccc5s4)CC3)n2)cc1. The van der Waals surface area contributed by atoms with Gasteiger partial charge in [-0.2, -0.15) is 4.98 Å². The highest BCUT2D eigenvalue weighted by Crippen LogP contribution is 2.31. The van der Waals surface area contributed by atoms with Crippen LogP contribution in [0.1, 0.15) is 29.7 Å². The molecule has 1 aliphatic heterocycles. The summed E-state index contributed by atoms with van der Waals surface area (Å²) in [4.78, 5) is 10.9. The van der Waals surface area contributed by atoms with Crippen LogP contribution in [0.5, 0.6) is 0 Å². The Morgan fingerprint density at radius 3 is 2.56 bits per heavy atom. The maximum Gasteiger partial charge on any atom is 0.282 e. The van der Waals surface area contributed by atoms with Crippen LogP contribution in [0.3, 0.4) is 0 Å². The fourth-order valence-corrected chi connectivity index (χ4v) is 4.90. The van der Waals surface area contributed by atoms with Crippen LogP contribution in [-0.4, -0.2) is 28.2 Å². The highest BCUT2D eigenvalue weighted by molar-refractivity contribution is 7.18. The van der Waals surface area contributed by atoms with Crippen LogP contribution in [0, 0.1) is 0 Å². The Hall–Kier alpha value is -2.57. The number of piperidine rings is 1. The molecule has 0 amide bonds. The molecule has 0 atom stereocenters. The summed E-state index contributed by atoms with van der Waals surface area (Å²) >= 11 is 1.85. The number of thiazole rings is 1. The van der Waals surface area contributed by atoms with Crippen LogP contribution >= 0.6 is 11.3 Å². The third-order valence-electron chi connectivity index (χ3n) is 5.25. The van der Waals surface area contributed by atoms with Crippen molar-refractivity contribution in [3.05, 3.63) is 65.5 Å². The number of hydrogen-bond acceptors (Lipinski definition) is 5. The molecule has 2 aromatic carbocycles. The predicted octanol–water partition coefficient (Wildman–Crippen LogP) is 3.31. The van der Waals surface area contributed by atoms with Crippen molar-refractivity contribution in [1.82, 2.24) is 15.1 Å². The Bertz CT molecular complexity index is 1000. The van der Waals surface area contributed by atoms with E-state index in [4.69, 9.17) is 9.51 Å². The largest absolute Gasteiger partial charge is 0.333 e. The molecule has 27 heavy (non-hydrogen) atoms. The maximum atomic E-state index is 5.48. The molecule has 0 radical (unpaired) electrons. The van der Waals surface area contributed by atoms with Gasteiger partial charge >= 0.3 is 0 Å². The second kappa shape index (κ2) is 7.21. The van der Waals surface area contributed by atoms with Crippen LogP contribution in [0.4, 0.5) is 0 Å². The quantitative estimate of drug-likeness (QED) is 0.593. The second-order valence-electron chi connectivity index (χ2n) is 7.10. The van der Waals surface area contributed by atoms with Crippen molar-refractivity contribution < 1.29 is 9.42 Å². The summed E-state index contributed by atoms with van der Waals surface area (Å²) in [6, 6.07) is 18.4. The van der Waals surface area contributed by atoms with Gasteiger partial charge in [0, 0.05) is 24.3 Å². The van der Waals surface area contributed by atoms with Crippen molar-refractivity contribution in [2.24, 2.45) is 0 Å². The van der Waals surface area contributed by atoms with Gasteiger partial charge in [-0.15, -0.1) is 11.3 Å². The van der Waals surface area contributed by atoms with Crippen LogP contribution in [0.25, 0.3) is 21.6 Å². The Morgan fingerprint density at radius 2 is 1.74 bits per heavy atom. The molecule has 1 N–H and O–H groups in total. The minimum atomic E-state index is 0.578. The summed E-state index contributed by atoms with van der Waals surface area (Å²) in [7, 11) is 0. The minimum Gasteiger partial charge on any atom is -0.333 e. The molecule has 5 rings (SSSR count). The molecule has 4 aromatic rings. The number of benzene rings is 2. The standard InChI is InChI=1S/C21H20N4OS/c1-2-6-15(7-3-1)20-23-19(26-24-20)14-25-12-10-16(11-13-25)21-22-17-8-4-5-9-18(17)27-21/h1-9,16H,10-14H2/p+1. The van der Waals surface area contributed by atoms with Gasteiger partial charge in [-0.1, -0.05) is 47.6 Å². The number of fused-ring (bicyclic) bond motifs is 1. The van der Waals surface area contributed by atoms with Crippen molar-refractivity contribution >= 4 is 21.6 Å². The molecule has 6 heteroatoms. The number of para-hydroxylation sites is 1. The Morgan fingerprint density at radius 1 is 0.963 bits per heavy atom. The van der Waals surface area contributed by atoms with E-state index in [-0.39, 0.29) is 0 Å². The Labute approximate surface area is 161 Å². The van der Waals surface area contributed by atoms with Gasteiger partial charge in [-0.05, 0) is 12.1 Å². The van der Waals surface area contributed by atoms with Crippen molar-refractivity contribution in [2.75, 3.05) is 13.1 Å². The van der Waals surface area contributed by atoms with Gasteiger partial charge in [0.1, 0.15) is 0 Å². The van der Waals surface area contributed by atoms with Gasteiger partial charge in [0.25, 0.3) is 5.89 Å². The van der Waals surface area contributed by atoms with E-state index >= 15 is 0 Å². The van der Waals surface area contributed by atoms with Crippen LogP contribution in [0.15, 0.2) is 59.1 Å². The molecule has 1 fully saturated rings. The maximum absolute atomic E-state index is 5.48. The topological polar surface area (TPSA) is 56.2 Å². The predicted molar refractivity (Wildman–Crippen MR) is 106 cm³/mol. The second-order valence-corrected chi connectivity index (χ2v) is 8.16. The highest BCUT2D eigenvalue weighted by Gasteiger charge is 2.27. The molecule has 0 spiro atoms. The molecular weight excluding hydrogens is 356 g/mol. The summed E-state index contributed by atoms with van der Waals surface area (Å²) in [5.74, 6) is 1.98. The minimum absolute atomic E-state index is 0.578. The zero-order valence-corrected chi connectivity index (χ0v) is 15.8. The first-order valence-electron chi connectivity index (χ1n) is 9.42. The van der Waals surface area contributed by atoms with E-state index in [1.165, 1.54) is 14.6 Å². The summed E-state index contributed by atoms with van der Waals surface area (Å²) in [5.41, 5.74) is 2.13. The molecule has 0 unspecified atom stereocenters. The average molecular weight is 377 g/mol. The lowest BCUT2D eigenvalue weighted by Crippen LogP contribution is -3.11. The normalized spacial score (nSPS) is 20.1. The van der Waals surface area contributed by atoms with Crippen molar-refractivity contribution in [3.63, 3.8) is 0 Å². The zero-order valence-electron chi connectivity index (χ0n) is 15.0. The van der Waals surface area contributed by atoms with Crippen molar-refractivity contribution in [3.8, 4) is 11.4 Å². The Balaban J connectivity index is 1.21. The van der Waals surface area contributed by atoms with E-state index in [0.717, 1.165) is 49.4 Å². The third kappa shape index (κ3) is 3.50. The molecular formula is C21H21N4OS+. The highest BCUT2D eigenvalue weighted by atomic mass is 32.1. The van der Waals surface area contributed by atoms with Crippen molar-refractivity contribution in [2.45, 2.75) is 25.3 Å². The Kier molecular flexibility index (Phi) is 4.43. The van der Waals surface area contributed by atoms with E-state index in [1.54, 1.807) is 0 Å². The van der Waals surface area contributed by atoms with Gasteiger partial charge in [-0.3, -0.25) is 0 Å². The molecule has 3 heterocycles. The number of aromatic nitrogens is 3. The fourth-order valence-electron chi connectivity index (χ4n) is 3.76. The van der Waals surface area contributed by atoms with Gasteiger partial charge in [0.2, 0.25) is 5.82 Å². The molecule has 1 aliphatic rings. The fraction of sp³-hybridized carbons (Fsp3) is 0.286. The van der Waals surface area contributed by atoms with Crippen LogP contribution in [-0.2, 0) is 6.54 Å². The lowest BCUT2D eigenvalue weighted by Gasteiger charge is -2.27. The zero-order chi connectivity index (χ0) is 18.1. The van der Waals surface area contributed by atoms with E-state index in [1.807, 2.05) is 41.7 Å². The number of nitrogens with one attached hydrogen (secondary N) is 1. The molecule has 0 aliphatic carbocycles. The van der Waals surface area contributed by atoms with E-state index < -0.39 is 0 Å². The number of rotatable bonds is 4. The lowest BCUT2D eigenvalue weighted by molar-refractivity contribution is -0.920. The monoisotopic (exact) mass is 377 g/mol. The molecule has 5 nitrogen and oxygen atoms in total. The molecule has 0 bridgehead atoms. The third-order valence-corrected chi connectivity index (χ3v) is 6.45. The van der Waals surface area contributed by atoms with Crippen LogP contribution < -0.4 is 4.90 Å². The summed E-state index contributed by atoms with van der Waals surface area (Å²) in [6.45, 7) is 3.03. The van der Waals surface area contributed by atoms with E-state index in [9.17, 15) is 0 Å². The van der Waals surface area contributed by atoms with Crippen LogP contribution in [0.2, 0.25) is 0 Å². The number of nitrogens with zero attached hydrogens (tertiary/aromatic N) is 3. The van der Waals surface area contributed by atoms with Crippen molar-refractivity contribution in [1.29, 1.82) is 0 Å². The van der Waals surface area contributed by atoms with Gasteiger partial charge in [-0.25, -0.2) is 4.98 Å². The van der Waals surface area contributed by atoms with Gasteiger partial charge in [0.15, 0.2) is 6.54 Å². The van der Waals surface area contributed by atoms with E-state index in [2.05, 4.69) is 34.4 Å². The molecule has 2 aromatic heterocycles. The van der Waals surface area contributed by atoms with Gasteiger partial charge < -0.3 is 9.42 Å². The summed E-state index contributed by atoms with van der Waals surface area (Å²) < 4.78 is 6.77.